The third-order valence-electron chi connectivity index (χ3n) is 14.5. The first-order valence-corrected chi connectivity index (χ1v) is 16.3. The van der Waals surface area contributed by atoms with Crippen LogP contribution >= 0.6 is 0 Å². The largest absolute Gasteiger partial charge is 0.380 e. The standard InChI is InChI=1S/C36H50N2O3/c1-30(2)10-12-36(20-38-18-35(19-38)21-41-22-35)13-11-34(7)28(24(36)16-30)25(39)14-27-32(5)15-23(17-37)29(40)31(3,4)26(32)8-9-33(27,34)6/h14-15,24,26,28H,8-13,16,18-22H2,1-7H3/t24-,26-,28-,32-,33+,34+,36+/m0/s1. The maximum absolute atomic E-state index is 14.7. The van der Waals surface area contributed by atoms with Gasteiger partial charge < -0.3 is 9.64 Å². The van der Waals surface area contributed by atoms with Crippen molar-refractivity contribution in [2.24, 2.45) is 55.7 Å². The fourth-order valence-electron chi connectivity index (χ4n) is 12.0. The van der Waals surface area contributed by atoms with Crippen LogP contribution in [0.2, 0.25) is 0 Å². The fraction of sp³-hybridized carbons (Fsp3) is 0.806. The number of Topliss-reactive ketones (excluding diaryl/α,β-unsaturated/α-hetero) is 1. The van der Waals surface area contributed by atoms with Crippen LogP contribution < -0.4 is 0 Å². The molecule has 222 valence electrons. The lowest BCUT2D eigenvalue weighted by Gasteiger charge is -2.70. The minimum absolute atomic E-state index is 0.0321. The van der Waals surface area contributed by atoms with E-state index in [1.54, 1.807) is 0 Å². The molecule has 3 saturated carbocycles. The van der Waals surface area contributed by atoms with Gasteiger partial charge in [-0.05, 0) is 84.5 Å². The topological polar surface area (TPSA) is 70.4 Å². The molecule has 0 unspecified atom stereocenters. The highest BCUT2D eigenvalue weighted by Gasteiger charge is 2.70. The van der Waals surface area contributed by atoms with Gasteiger partial charge in [0.15, 0.2) is 11.6 Å². The predicted molar refractivity (Wildman–Crippen MR) is 159 cm³/mol. The van der Waals surface area contributed by atoms with Gasteiger partial charge in [0.2, 0.25) is 0 Å². The molecule has 2 aliphatic heterocycles. The van der Waals surface area contributed by atoms with E-state index in [-0.39, 0.29) is 44.9 Å². The summed E-state index contributed by atoms with van der Waals surface area (Å²) in [6.07, 6.45) is 11.8. The molecule has 0 bridgehead atoms. The van der Waals surface area contributed by atoms with Gasteiger partial charge in [-0.15, -0.1) is 0 Å². The Hall–Kier alpha value is -1.77. The highest BCUT2D eigenvalue weighted by Crippen LogP contribution is 2.74. The Bertz CT molecular complexity index is 1320. The third kappa shape index (κ3) is 3.47. The summed E-state index contributed by atoms with van der Waals surface area (Å²) in [5.74, 6) is 0.803. The summed E-state index contributed by atoms with van der Waals surface area (Å²) in [4.78, 5) is 30.7. The Kier molecular flexibility index (Phi) is 5.63. The zero-order chi connectivity index (χ0) is 29.4. The Morgan fingerprint density at radius 2 is 1.66 bits per heavy atom. The second-order valence-electron chi connectivity index (χ2n) is 17.8. The zero-order valence-corrected chi connectivity index (χ0v) is 26.5. The quantitative estimate of drug-likeness (QED) is 0.385. The van der Waals surface area contributed by atoms with Gasteiger partial charge in [-0.2, -0.15) is 5.26 Å². The molecule has 0 aromatic carbocycles. The van der Waals surface area contributed by atoms with Crippen molar-refractivity contribution >= 4 is 11.6 Å². The maximum Gasteiger partial charge on any atom is 0.178 e. The van der Waals surface area contributed by atoms with Crippen LogP contribution in [0.3, 0.4) is 0 Å². The molecule has 7 rings (SSSR count). The van der Waals surface area contributed by atoms with Crippen molar-refractivity contribution in [3.05, 3.63) is 23.3 Å². The monoisotopic (exact) mass is 558 g/mol. The van der Waals surface area contributed by atoms with Gasteiger partial charge in [-0.25, -0.2) is 0 Å². The van der Waals surface area contributed by atoms with E-state index in [2.05, 4.69) is 51.7 Å². The molecule has 0 N–H and O–H groups in total. The predicted octanol–water partition coefficient (Wildman–Crippen LogP) is 6.54. The first kappa shape index (κ1) is 28.0. The van der Waals surface area contributed by atoms with Crippen molar-refractivity contribution in [3.63, 3.8) is 0 Å². The highest BCUT2D eigenvalue weighted by molar-refractivity contribution is 6.04. The molecule has 41 heavy (non-hydrogen) atoms. The zero-order valence-electron chi connectivity index (χ0n) is 26.5. The van der Waals surface area contributed by atoms with Crippen molar-refractivity contribution in [1.29, 1.82) is 5.26 Å². The van der Waals surface area contributed by atoms with Crippen LogP contribution in [0.1, 0.15) is 93.4 Å². The van der Waals surface area contributed by atoms with E-state index in [4.69, 9.17) is 4.74 Å². The van der Waals surface area contributed by atoms with Gasteiger partial charge in [0, 0.05) is 41.8 Å². The first-order valence-electron chi connectivity index (χ1n) is 16.3. The number of likely N-dealkylation sites (tertiary alicyclic amines) is 1. The van der Waals surface area contributed by atoms with E-state index >= 15 is 0 Å². The number of rotatable bonds is 2. The molecule has 5 fully saturated rings. The van der Waals surface area contributed by atoms with E-state index in [1.165, 1.54) is 24.8 Å². The van der Waals surface area contributed by atoms with E-state index in [0.29, 0.717) is 17.1 Å². The fourth-order valence-corrected chi connectivity index (χ4v) is 12.0. The molecule has 7 aliphatic rings. The molecule has 0 amide bonds. The lowest BCUT2D eigenvalue weighted by Crippen LogP contribution is -2.70. The van der Waals surface area contributed by atoms with Crippen LogP contribution in [0.5, 0.6) is 0 Å². The number of fused-ring (bicyclic) bond motifs is 7. The summed E-state index contributed by atoms with van der Waals surface area (Å²) < 4.78 is 5.57. The number of hydrogen-bond donors (Lipinski definition) is 0. The lowest BCUT2D eigenvalue weighted by molar-refractivity contribution is -0.212. The summed E-state index contributed by atoms with van der Waals surface area (Å²) >= 11 is 0. The second-order valence-corrected chi connectivity index (χ2v) is 17.8. The molecule has 7 atom stereocenters. The van der Waals surface area contributed by atoms with Crippen LogP contribution in [-0.2, 0) is 14.3 Å². The summed E-state index contributed by atoms with van der Waals surface area (Å²) in [5, 5.41) is 9.97. The molecule has 0 aromatic rings. The molecule has 1 spiro atoms. The van der Waals surface area contributed by atoms with Gasteiger partial charge in [-0.3, -0.25) is 9.59 Å². The van der Waals surface area contributed by atoms with Gasteiger partial charge in [-0.1, -0.05) is 60.1 Å². The van der Waals surface area contributed by atoms with E-state index < -0.39 is 10.8 Å². The second kappa shape index (κ2) is 8.23. The smallest absolute Gasteiger partial charge is 0.178 e. The van der Waals surface area contributed by atoms with E-state index in [1.807, 2.05) is 19.9 Å². The first-order chi connectivity index (χ1) is 19.0. The summed E-state index contributed by atoms with van der Waals surface area (Å²) in [7, 11) is 0. The lowest BCUT2D eigenvalue weighted by atomic mass is 9.34. The van der Waals surface area contributed by atoms with Gasteiger partial charge in [0.1, 0.15) is 6.07 Å². The molecule has 5 nitrogen and oxygen atoms in total. The van der Waals surface area contributed by atoms with Crippen molar-refractivity contribution in [1.82, 2.24) is 4.90 Å². The molecule has 0 aromatic heterocycles. The molecule has 0 radical (unpaired) electrons. The van der Waals surface area contributed by atoms with Crippen molar-refractivity contribution < 1.29 is 14.3 Å². The minimum Gasteiger partial charge on any atom is -0.380 e. The molecule has 5 heteroatoms. The Morgan fingerprint density at radius 3 is 2.29 bits per heavy atom. The molecule has 5 aliphatic carbocycles. The Morgan fingerprint density at radius 1 is 0.976 bits per heavy atom. The van der Waals surface area contributed by atoms with E-state index in [9.17, 15) is 14.9 Å². The van der Waals surface area contributed by atoms with Crippen molar-refractivity contribution in [2.45, 2.75) is 93.4 Å². The van der Waals surface area contributed by atoms with Crippen LogP contribution in [0.4, 0.5) is 0 Å². The average molecular weight is 559 g/mol. The number of ketones is 2. The number of carbonyl (C=O) groups is 2. The minimum atomic E-state index is -0.618. The van der Waals surface area contributed by atoms with Gasteiger partial charge in [0.05, 0.1) is 18.8 Å². The SMILES string of the molecule is CC1(C)CC[C@]2(CN3CC4(COC4)C3)CC[C@]3(C)[C@H](C(=O)C=C4[C@@]5(C)C=C(C#N)C(=O)C(C)(C)[C@@H]5CC[C@]43C)[C@@H]2C1. The molecule has 2 heterocycles. The summed E-state index contributed by atoms with van der Waals surface area (Å²) in [6, 6.07) is 2.23. The maximum atomic E-state index is 14.7. The van der Waals surface area contributed by atoms with Crippen molar-refractivity contribution in [2.75, 3.05) is 32.8 Å². The Balaban J connectivity index is 1.31. The molecular weight excluding hydrogens is 508 g/mol. The summed E-state index contributed by atoms with van der Waals surface area (Å²) in [5.41, 5.74) is 0.998. The van der Waals surface area contributed by atoms with Crippen LogP contribution in [-0.4, -0.2) is 49.3 Å². The number of ether oxygens (including phenoxy) is 1. The number of allylic oxidation sites excluding steroid dienone is 4. The Labute approximate surface area is 247 Å². The number of carbonyl (C=O) groups excluding carboxylic acids is 2. The van der Waals surface area contributed by atoms with Crippen LogP contribution in [0.25, 0.3) is 0 Å². The van der Waals surface area contributed by atoms with Gasteiger partial charge >= 0.3 is 0 Å². The average Bonchev–Trinajstić information content (AvgIpc) is 2.84. The number of nitriles is 1. The van der Waals surface area contributed by atoms with Crippen LogP contribution in [0, 0.1) is 67.0 Å². The van der Waals surface area contributed by atoms with Crippen molar-refractivity contribution in [3.8, 4) is 6.07 Å². The highest BCUT2D eigenvalue weighted by atomic mass is 16.5. The molecule has 2 saturated heterocycles. The van der Waals surface area contributed by atoms with E-state index in [0.717, 1.165) is 58.5 Å². The number of nitrogens with zero attached hydrogens (tertiary/aromatic N) is 2. The van der Waals surface area contributed by atoms with Gasteiger partial charge in [0.25, 0.3) is 0 Å². The normalized spacial score (nSPS) is 47.3. The van der Waals surface area contributed by atoms with Crippen LogP contribution in [0.15, 0.2) is 23.3 Å². The summed E-state index contributed by atoms with van der Waals surface area (Å²) in [6.45, 7) is 21.3. The molecular formula is C36H50N2O3. The number of hydrogen-bond acceptors (Lipinski definition) is 5. The third-order valence-corrected chi connectivity index (χ3v) is 14.5.